The lowest BCUT2D eigenvalue weighted by Crippen LogP contribution is -2.36. The summed E-state index contributed by atoms with van der Waals surface area (Å²) in [5.41, 5.74) is -0.195. The summed E-state index contributed by atoms with van der Waals surface area (Å²) in [5, 5.41) is 0. The lowest BCUT2D eigenvalue weighted by molar-refractivity contribution is -0.0464. The third-order valence-corrected chi connectivity index (χ3v) is 1.95. The number of hydrogen-bond donors (Lipinski definition) is 0. The molecule has 0 heterocycles. The fraction of sp³-hybridized carbons (Fsp3) is 0.900. The molecular formula is C10H20O3. The first kappa shape index (κ1) is 12.9. The molecule has 0 rings (SSSR count). The first-order valence-electron chi connectivity index (χ1n) is 4.50. The summed E-state index contributed by atoms with van der Waals surface area (Å²) in [7, 11) is 3.32. The van der Waals surface area contributed by atoms with Crippen LogP contribution in [0, 0.1) is 12.3 Å². The molecule has 0 aliphatic heterocycles. The van der Waals surface area contributed by atoms with Crippen molar-refractivity contribution < 1.29 is 14.2 Å². The third kappa shape index (κ3) is 4.60. The first-order chi connectivity index (χ1) is 6.24. The third-order valence-electron chi connectivity index (χ3n) is 1.95. The molecule has 0 bridgehead atoms. The Labute approximate surface area is 81.4 Å². The monoisotopic (exact) mass is 188 g/mol. The second-order valence-electron chi connectivity index (χ2n) is 3.21. The molecule has 0 saturated carbocycles. The molecule has 0 fully saturated rings. The highest BCUT2D eigenvalue weighted by molar-refractivity contribution is 4.79. The molecule has 78 valence electrons. The van der Waals surface area contributed by atoms with Gasteiger partial charge in [-0.25, -0.2) is 0 Å². The maximum Gasteiger partial charge on any atom is 0.0566 e. The lowest BCUT2D eigenvalue weighted by atomic mass is 9.88. The predicted octanol–water partition coefficient (Wildman–Crippen LogP) is 1.40. The molecule has 0 aromatic rings. The van der Waals surface area contributed by atoms with Crippen molar-refractivity contribution in [1.29, 1.82) is 0 Å². The summed E-state index contributed by atoms with van der Waals surface area (Å²) in [6.45, 7) is 10.0. The van der Waals surface area contributed by atoms with Crippen molar-refractivity contribution >= 4 is 0 Å². The van der Waals surface area contributed by atoms with E-state index in [-0.39, 0.29) is 5.41 Å². The van der Waals surface area contributed by atoms with Gasteiger partial charge in [-0.15, -0.1) is 0 Å². The van der Waals surface area contributed by atoms with Gasteiger partial charge < -0.3 is 14.2 Å². The van der Waals surface area contributed by atoms with Gasteiger partial charge in [-0.2, -0.15) is 0 Å². The highest BCUT2D eigenvalue weighted by Gasteiger charge is 2.28. The largest absolute Gasteiger partial charge is 0.384 e. The molecule has 0 aromatic carbocycles. The van der Waals surface area contributed by atoms with Crippen molar-refractivity contribution in [3.8, 4) is 0 Å². The summed E-state index contributed by atoms with van der Waals surface area (Å²) in [6.07, 6.45) is 0.509. The molecule has 0 aliphatic rings. The molecule has 0 amide bonds. The van der Waals surface area contributed by atoms with Crippen molar-refractivity contribution in [3.05, 3.63) is 6.92 Å². The van der Waals surface area contributed by atoms with Crippen molar-refractivity contribution in [2.45, 2.75) is 13.3 Å². The smallest absolute Gasteiger partial charge is 0.0566 e. The van der Waals surface area contributed by atoms with Gasteiger partial charge in [-0.1, -0.05) is 0 Å². The Morgan fingerprint density at radius 2 is 1.62 bits per heavy atom. The zero-order valence-corrected chi connectivity index (χ0v) is 8.84. The molecule has 0 unspecified atom stereocenters. The zero-order valence-electron chi connectivity index (χ0n) is 8.84. The number of rotatable bonds is 8. The molecule has 0 saturated heterocycles. The van der Waals surface area contributed by atoms with E-state index in [2.05, 4.69) is 0 Å². The van der Waals surface area contributed by atoms with Crippen LogP contribution in [0.25, 0.3) is 0 Å². The minimum Gasteiger partial charge on any atom is -0.384 e. The van der Waals surface area contributed by atoms with Crippen molar-refractivity contribution in [2.24, 2.45) is 5.41 Å². The van der Waals surface area contributed by atoms with Crippen LogP contribution in [0.4, 0.5) is 0 Å². The Bertz CT molecular complexity index is 109. The van der Waals surface area contributed by atoms with Gasteiger partial charge in [0.15, 0.2) is 0 Å². The van der Waals surface area contributed by atoms with E-state index in [1.165, 1.54) is 0 Å². The van der Waals surface area contributed by atoms with E-state index in [9.17, 15) is 0 Å². The summed E-state index contributed by atoms with van der Waals surface area (Å²) in [5.74, 6) is 0. The Balaban J connectivity index is 4.07. The highest BCUT2D eigenvalue weighted by atomic mass is 16.5. The Morgan fingerprint density at radius 3 is 1.92 bits per heavy atom. The molecular weight excluding hydrogens is 168 g/mol. The Morgan fingerprint density at radius 1 is 1.08 bits per heavy atom. The van der Waals surface area contributed by atoms with Gasteiger partial charge in [-0.3, -0.25) is 0 Å². The van der Waals surface area contributed by atoms with Crippen LogP contribution in [-0.2, 0) is 14.2 Å². The normalized spacial score (nSPS) is 12.0. The first-order valence-corrected chi connectivity index (χ1v) is 4.50. The van der Waals surface area contributed by atoms with Gasteiger partial charge in [0.1, 0.15) is 0 Å². The minimum absolute atomic E-state index is 0.195. The highest BCUT2D eigenvalue weighted by Crippen LogP contribution is 2.22. The van der Waals surface area contributed by atoms with E-state index in [0.717, 1.165) is 0 Å². The molecule has 0 N–H and O–H groups in total. The number of ether oxygens (including phenoxy) is 3. The van der Waals surface area contributed by atoms with Crippen LogP contribution in [-0.4, -0.2) is 40.6 Å². The van der Waals surface area contributed by atoms with E-state index in [1.54, 1.807) is 14.2 Å². The maximum atomic E-state index is 5.68. The molecule has 13 heavy (non-hydrogen) atoms. The quantitative estimate of drug-likeness (QED) is 0.576. The molecule has 3 heteroatoms. The van der Waals surface area contributed by atoms with Crippen LogP contribution >= 0.6 is 0 Å². The van der Waals surface area contributed by atoms with Crippen LogP contribution in [0.3, 0.4) is 0 Å². The van der Waals surface area contributed by atoms with Crippen molar-refractivity contribution in [3.63, 3.8) is 0 Å². The van der Waals surface area contributed by atoms with Crippen LogP contribution in [0.15, 0.2) is 0 Å². The molecule has 0 atom stereocenters. The topological polar surface area (TPSA) is 27.7 Å². The fourth-order valence-corrected chi connectivity index (χ4v) is 1.23. The predicted molar refractivity (Wildman–Crippen MR) is 51.6 cm³/mol. The minimum atomic E-state index is -0.195. The van der Waals surface area contributed by atoms with E-state index in [4.69, 9.17) is 21.1 Å². The van der Waals surface area contributed by atoms with Crippen molar-refractivity contribution in [2.75, 3.05) is 40.6 Å². The molecule has 3 nitrogen and oxygen atoms in total. The van der Waals surface area contributed by atoms with E-state index in [0.29, 0.717) is 32.8 Å². The second kappa shape index (κ2) is 7.30. The van der Waals surface area contributed by atoms with E-state index < -0.39 is 0 Å². The molecule has 0 aliphatic carbocycles. The molecule has 0 spiro atoms. The van der Waals surface area contributed by atoms with Gasteiger partial charge in [0.2, 0.25) is 0 Å². The summed E-state index contributed by atoms with van der Waals surface area (Å²) in [4.78, 5) is 0. The SMILES string of the molecule is [CH]CC(COC)(COC)COCC. The second-order valence-corrected chi connectivity index (χ2v) is 3.21. The molecule has 2 radical (unpaired) electrons. The number of methoxy groups -OCH3 is 2. The molecule has 0 aromatic heterocycles. The van der Waals surface area contributed by atoms with E-state index in [1.807, 2.05) is 6.92 Å². The Kier molecular flexibility index (Phi) is 7.23. The van der Waals surface area contributed by atoms with Crippen LogP contribution < -0.4 is 0 Å². The van der Waals surface area contributed by atoms with Crippen LogP contribution in [0.5, 0.6) is 0 Å². The zero-order chi connectivity index (χ0) is 10.2. The average molecular weight is 188 g/mol. The maximum absolute atomic E-state index is 5.68. The standard InChI is InChI=1S/C10H20O3/c1-5-10(7-11-3,8-12-4)9-13-6-2/h1H,5-9H2,2-4H3. The van der Waals surface area contributed by atoms with Crippen LogP contribution in [0.2, 0.25) is 0 Å². The summed E-state index contributed by atoms with van der Waals surface area (Å²) < 4.78 is 15.6. The van der Waals surface area contributed by atoms with Gasteiger partial charge >= 0.3 is 0 Å². The van der Waals surface area contributed by atoms with Gasteiger partial charge in [0.25, 0.3) is 0 Å². The van der Waals surface area contributed by atoms with Crippen LogP contribution in [0.1, 0.15) is 13.3 Å². The Hall–Kier alpha value is -0.120. The summed E-state index contributed by atoms with van der Waals surface area (Å²) in [6, 6.07) is 0. The average Bonchev–Trinajstić information content (AvgIpc) is 2.15. The van der Waals surface area contributed by atoms with Gasteiger partial charge in [-0.05, 0) is 20.3 Å². The van der Waals surface area contributed by atoms with Gasteiger partial charge in [0.05, 0.1) is 19.8 Å². The fourth-order valence-electron chi connectivity index (χ4n) is 1.23. The van der Waals surface area contributed by atoms with E-state index >= 15 is 0 Å². The van der Waals surface area contributed by atoms with Gasteiger partial charge in [0, 0.05) is 26.2 Å². The number of hydrogen-bond acceptors (Lipinski definition) is 3. The van der Waals surface area contributed by atoms with Crippen molar-refractivity contribution in [1.82, 2.24) is 0 Å². The summed E-state index contributed by atoms with van der Waals surface area (Å²) >= 11 is 0. The lowest BCUT2D eigenvalue weighted by Gasteiger charge is -2.30.